The molecule has 1 N–H and O–H groups in total. The van der Waals surface area contributed by atoms with E-state index < -0.39 is 12.2 Å². The Balaban J connectivity index is 2.48. The van der Waals surface area contributed by atoms with E-state index in [1.165, 1.54) is 11.8 Å². The minimum Gasteiger partial charge on any atom is -0.356 e. The molecule has 4 nitrogen and oxygen atoms in total. The van der Waals surface area contributed by atoms with Gasteiger partial charge in [0.1, 0.15) is 6.04 Å². The number of hydrogen-bond donors (Lipinski definition) is 1. The van der Waals surface area contributed by atoms with Crippen molar-refractivity contribution in [2.75, 3.05) is 39.8 Å². The molecule has 0 aromatic carbocycles. The fourth-order valence-electron chi connectivity index (χ4n) is 2.10. The van der Waals surface area contributed by atoms with E-state index in [2.05, 4.69) is 17.2 Å². The molecule has 0 aromatic heterocycles. The van der Waals surface area contributed by atoms with Gasteiger partial charge in [0, 0.05) is 39.8 Å². The average Bonchev–Trinajstić information content (AvgIpc) is 2.38. The molecule has 1 saturated heterocycles. The van der Waals surface area contributed by atoms with Gasteiger partial charge in [-0.2, -0.15) is 13.2 Å². The number of aliphatic imine (C=N–C) groups is 1. The van der Waals surface area contributed by atoms with Crippen molar-refractivity contribution in [3.05, 3.63) is 0 Å². The van der Waals surface area contributed by atoms with Crippen LogP contribution in [0.5, 0.6) is 0 Å². The molecule has 1 unspecified atom stereocenters. The molecule has 1 heterocycles. The lowest BCUT2D eigenvalue weighted by Crippen LogP contribution is -2.56. The second kappa shape index (κ2) is 6.98. The summed E-state index contributed by atoms with van der Waals surface area (Å²) in [5.41, 5.74) is 0. The van der Waals surface area contributed by atoms with Crippen molar-refractivity contribution in [1.29, 1.82) is 0 Å². The van der Waals surface area contributed by atoms with E-state index in [1.54, 1.807) is 7.05 Å². The Morgan fingerprint density at radius 2 is 1.84 bits per heavy atom. The van der Waals surface area contributed by atoms with Crippen LogP contribution >= 0.6 is 0 Å². The quantitative estimate of drug-likeness (QED) is 0.628. The molecule has 1 aliphatic heterocycles. The van der Waals surface area contributed by atoms with Gasteiger partial charge in [-0.1, -0.05) is 6.92 Å². The first-order chi connectivity index (χ1) is 8.90. The highest BCUT2D eigenvalue weighted by Gasteiger charge is 2.40. The Hall–Kier alpha value is -0.980. The van der Waals surface area contributed by atoms with Crippen molar-refractivity contribution in [2.45, 2.75) is 32.5 Å². The number of nitrogens with one attached hydrogen (secondary N) is 1. The predicted octanol–water partition coefficient (Wildman–Crippen LogP) is 1.54. The molecule has 1 atom stereocenters. The number of alkyl halides is 3. The molecule has 0 bridgehead atoms. The number of rotatable bonds is 3. The minimum absolute atomic E-state index is 0.410. The monoisotopic (exact) mass is 280 g/mol. The Morgan fingerprint density at radius 3 is 2.26 bits per heavy atom. The molecule has 1 aliphatic rings. The highest BCUT2D eigenvalue weighted by molar-refractivity contribution is 5.79. The third kappa shape index (κ3) is 4.56. The van der Waals surface area contributed by atoms with Gasteiger partial charge in [-0.05, 0) is 13.3 Å². The Bertz CT molecular complexity index is 296. The van der Waals surface area contributed by atoms with Gasteiger partial charge in [0.2, 0.25) is 0 Å². The summed E-state index contributed by atoms with van der Waals surface area (Å²) in [7, 11) is 1.70. The van der Waals surface area contributed by atoms with Crippen LogP contribution in [0.1, 0.15) is 20.3 Å². The van der Waals surface area contributed by atoms with Crippen molar-refractivity contribution in [3.8, 4) is 0 Å². The fraction of sp³-hybridized carbons (Fsp3) is 0.917. The Labute approximate surface area is 112 Å². The van der Waals surface area contributed by atoms with Crippen LogP contribution in [0, 0.1) is 0 Å². The molecule has 1 rings (SSSR count). The molecule has 112 valence electrons. The van der Waals surface area contributed by atoms with Crippen LogP contribution in [0.2, 0.25) is 0 Å². The maximum absolute atomic E-state index is 12.6. The molecule has 0 radical (unpaired) electrons. The average molecular weight is 280 g/mol. The van der Waals surface area contributed by atoms with Gasteiger partial charge in [0.25, 0.3) is 0 Å². The number of hydrogen-bond acceptors (Lipinski definition) is 2. The molecule has 0 aliphatic carbocycles. The molecule has 19 heavy (non-hydrogen) atoms. The molecule has 0 aromatic rings. The molecule has 0 saturated carbocycles. The van der Waals surface area contributed by atoms with Crippen LogP contribution in [0.3, 0.4) is 0 Å². The van der Waals surface area contributed by atoms with Crippen molar-refractivity contribution >= 4 is 5.96 Å². The van der Waals surface area contributed by atoms with Gasteiger partial charge in [-0.25, -0.2) is 0 Å². The summed E-state index contributed by atoms with van der Waals surface area (Å²) in [6.07, 6.45) is -3.16. The lowest BCUT2D eigenvalue weighted by Gasteiger charge is -2.39. The van der Waals surface area contributed by atoms with E-state index >= 15 is 0 Å². The fourth-order valence-corrected chi connectivity index (χ4v) is 2.10. The first-order valence-corrected chi connectivity index (χ1v) is 6.66. The molecular formula is C12H23F3N4. The van der Waals surface area contributed by atoms with Crippen molar-refractivity contribution in [3.63, 3.8) is 0 Å². The van der Waals surface area contributed by atoms with E-state index in [0.717, 1.165) is 18.9 Å². The summed E-state index contributed by atoms with van der Waals surface area (Å²) in [5, 5.41) is 3.20. The largest absolute Gasteiger partial charge is 0.403 e. The zero-order chi connectivity index (χ0) is 14.5. The van der Waals surface area contributed by atoms with Gasteiger partial charge >= 0.3 is 6.18 Å². The number of halogens is 3. The predicted molar refractivity (Wildman–Crippen MR) is 70.3 cm³/mol. The molecule has 0 spiro atoms. The van der Waals surface area contributed by atoms with Crippen molar-refractivity contribution in [2.24, 2.45) is 4.99 Å². The van der Waals surface area contributed by atoms with E-state index in [4.69, 9.17) is 0 Å². The normalized spacial score (nSPS) is 20.5. The summed E-state index contributed by atoms with van der Waals surface area (Å²) in [4.78, 5) is 7.64. The summed E-state index contributed by atoms with van der Waals surface area (Å²) in [6.45, 7) is 6.07. The smallest absolute Gasteiger partial charge is 0.356 e. The van der Waals surface area contributed by atoms with Crippen LogP contribution in [-0.4, -0.2) is 67.7 Å². The zero-order valence-corrected chi connectivity index (χ0v) is 11.8. The van der Waals surface area contributed by atoms with Gasteiger partial charge in [0.05, 0.1) is 0 Å². The van der Waals surface area contributed by atoms with Gasteiger partial charge < -0.3 is 10.2 Å². The van der Waals surface area contributed by atoms with E-state index in [1.807, 2.05) is 4.90 Å². The third-order valence-electron chi connectivity index (χ3n) is 3.38. The van der Waals surface area contributed by atoms with Crippen LogP contribution in [-0.2, 0) is 0 Å². The number of nitrogens with zero attached hydrogens (tertiary/aromatic N) is 3. The Kier molecular flexibility index (Phi) is 5.90. The van der Waals surface area contributed by atoms with Crippen LogP contribution < -0.4 is 5.32 Å². The Morgan fingerprint density at radius 1 is 1.26 bits per heavy atom. The lowest BCUT2D eigenvalue weighted by atomic mass is 10.2. The van der Waals surface area contributed by atoms with E-state index in [-0.39, 0.29) is 0 Å². The van der Waals surface area contributed by atoms with Gasteiger partial charge in [-0.3, -0.25) is 9.89 Å². The van der Waals surface area contributed by atoms with Crippen molar-refractivity contribution in [1.82, 2.24) is 15.1 Å². The number of guanidine groups is 1. The second-order valence-electron chi connectivity index (χ2n) is 4.71. The molecular weight excluding hydrogens is 257 g/mol. The minimum atomic E-state index is -4.15. The van der Waals surface area contributed by atoms with Crippen LogP contribution in [0.25, 0.3) is 0 Å². The zero-order valence-electron chi connectivity index (χ0n) is 11.8. The van der Waals surface area contributed by atoms with Crippen LogP contribution in [0.15, 0.2) is 4.99 Å². The highest BCUT2D eigenvalue weighted by Crippen LogP contribution is 2.25. The topological polar surface area (TPSA) is 30.9 Å². The van der Waals surface area contributed by atoms with Gasteiger partial charge in [-0.15, -0.1) is 0 Å². The maximum Gasteiger partial charge on any atom is 0.403 e. The second-order valence-corrected chi connectivity index (χ2v) is 4.71. The molecule has 7 heteroatoms. The summed E-state index contributed by atoms with van der Waals surface area (Å²) < 4.78 is 37.9. The summed E-state index contributed by atoms with van der Waals surface area (Å²) in [5.74, 6) is 0.779. The summed E-state index contributed by atoms with van der Waals surface area (Å²) >= 11 is 0. The SMILES string of the molecule is CCCNC(=NC)N1CCN(C(C)C(F)(F)F)CC1. The molecule has 0 amide bonds. The first kappa shape index (κ1) is 16.1. The number of piperazine rings is 1. The van der Waals surface area contributed by atoms with Gasteiger partial charge in [0.15, 0.2) is 5.96 Å². The van der Waals surface area contributed by atoms with Crippen LogP contribution in [0.4, 0.5) is 13.2 Å². The lowest BCUT2D eigenvalue weighted by molar-refractivity contribution is -0.181. The first-order valence-electron chi connectivity index (χ1n) is 6.66. The standard InChI is InChI=1S/C12H23F3N4/c1-4-5-17-11(16-3)19-8-6-18(7-9-19)10(2)12(13,14)15/h10H,4-9H2,1-3H3,(H,16,17). The maximum atomic E-state index is 12.6. The summed E-state index contributed by atoms with van der Waals surface area (Å²) in [6, 6.07) is -1.37. The van der Waals surface area contributed by atoms with E-state index in [0.29, 0.717) is 26.2 Å². The third-order valence-corrected chi connectivity index (χ3v) is 3.38. The molecule has 1 fully saturated rings. The van der Waals surface area contributed by atoms with Crippen molar-refractivity contribution < 1.29 is 13.2 Å². The van der Waals surface area contributed by atoms with E-state index in [9.17, 15) is 13.2 Å². The highest BCUT2D eigenvalue weighted by atomic mass is 19.4.